The third kappa shape index (κ3) is 3.56. The van der Waals surface area contributed by atoms with E-state index in [4.69, 9.17) is 11.6 Å². The number of aromatic nitrogens is 2. The number of ketones is 1. The summed E-state index contributed by atoms with van der Waals surface area (Å²) >= 11 is 8.16. The lowest BCUT2D eigenvalue weighted by Crippen LogP contribution is -2.22. The van der Waals surface area contributed by atoms with E-state index in [2.05, 4.69) is 20.9 Å². The van der Waals surface area contributed by atoms with Gasteiger partial charge < -0.3 is 4.98 Å². The number of benzene rings is 1. The molecular weight excluding hydrogens is 436 g/mol. The molecule has 2 aromatic rings. The molecule has 12 heteroatoms. The minimum Gasteiger partial charge on any atom is -0.333 e. The smallest absolute Gasteiger partial charge is 0.333 e. The van der Waals surface area contributed by atoms with Crippen molar-refractivity contribution in [3.63, 3.8) is 0 Å². The highest BCUT2D eigenvalue weighted by atomic mass is 79.9. The highest BCUT2D eigenvalue weighted by molar-refractivity contribution is 9.10. The van der Waals surface area contributed by atoms with E-state index in [1.165, 1.54) is 0 Å². The van der Waals surface area contributed by atoms with Crippen LogP contribution in [0.2, 0.25) is 5.02 Å². The van der Waals surface area contributed by atoms with Crippen molar-refractivity contribution in [2.45, 2.75) is 12.4 Å². The number of imidazole rings is 1. The first-order valence-electron chi connectivity index (χ1n) is 5.76. The molecule has 0 amide bonds. The van der Waals surface area contributed by atoms with Gasteiger partial charge in [0, 0.05) is 5.56 Å². The molecular formula is C12H3BrClF7N2O. The Bertz CT molecular complexity index is 790. The first-order chi connectivity index (χ1) is 10.8. The summed E-state index contributed by atoms with van der Waals surface area (Å²) in [5, 5.41) is -0.711. The largest absolute Gasteiger partial charge is 0.454 e. The molecule has 24 heavy (non-hydrogen) atoms. The summed E-state index contributed by atoms with van der Waals surface area (Å²) in [6, 6.07) is 0.722. The predicted molar refractivity (Wildman–Crippen MR) is 72.1 cm³/mol. The van der Waals surface area contributed by atoms with E-state index >= 15 is 0 Å². The fraction of sp³-hybridized carbons (Fsp3) is 0.167. The van der Waals surface area contributed by atoms with Crippen molar-refractivity contribution < 1.29 is 35.5 Å². The molecule has 1 aromatic heterocycles. The van der Waals surface area contributed by atoms with Crippen LogP contribution in [0.3, 0.4) is 0 Å². The Morgan fingerprint density at radius 1 is 1.17 bits per heavy atom. The van der Waals surface area contributed by atoms with Crippen LogP contribution in [0.1, 0.15) is 16.1 Å². The minimum absolute atomic E-state index is 0.223. The molecule has 0 fully saturated rings. The average Bonchev–Trinajstić information content (AvgIpc) is 2.77. The lowest BCUT2D eigenvalue weighted by Gasteiger charge is -2.09. The van der Waals surface area contributed by atoms with Crippen molar-refractivity contribution in [2.75, 3.05) is 0 Å². The quantitative estimate of drug-likeness (QED) is 0.503. The van der Waals surface area contributed by atoms with E-state index in [9.17, 15) is 35.5 Å². The summed E-state index contributed by atoms with van der Waals surface area (Å²) in [4.78, 5) is 16.3. The van der Waals surface area contributed by atoms with E-state index in [0.29, 0.717) is 6.07 Å². The van der Waals surface area contributed by atoms with Gasteiger partial charge in [0.15, 0.2) is 5.69 Å². The lowest BCUT2D eigenvalue weighted by molar-refractivity contribution is -0.141. The van der Waals surface area contributed by atoms with Crippen LogP contribution < -0.4 is 0 Å². The van der Waals surface area contributed by atoms with Crippen molar-refractivity contribution in [3.8, 4) is 11.4 Å². The number of nitrogens with one attached hydrogen (secondary N) is 1. The van der Waals surface area contributed by atoms with Gasteiger partial charge in [0.25, 0.3) is 5.78 Å². The Hall–Kier alpha value is -1.62. The van der Waals surface area contributed by atoms with Gasteiger partial charge in [-0.15, -0.1) is 0 Å². The molecule has 3 nitrogen and oxygen atoms in total. The first kappa shape index (κ1) is 18.7. The SMILES string of the molecule is O=C(c1cc(F)c(-c2nc(Br)c(C(F)(F)F)[nH]2)c(Cl)c1)C(F)(F)F. The van der Waals surface area contributed by atoms with E-state index in [-0.39, 0.29) is 6.07 Å². The topological polar surface area (TPSA) is 45.8 Å². The van der Waals surface area contributed by atoms with E-state index in [1.807, 2.05) is 0 Å². The number of hydrogen-bond acceptors (Lipinski definition) is 2. The zero-order valence-corrected chi connectivity index (χ0v) is 13.3. The molecule has 0 aliphatic rings. The van der Waals surface area contributed by atoms with Crippen LogP contribution in [0.25, 0.3) is 11.4 Å². The molecule has 0 radical (unpaired) electrons. The number of Topliss-reactive ketones (excluding diaryl/α,β-unsaturated/α-hetero) is 1. The first-order valence-corrected chi connectivity index (χ1v) is 6.93. The number of aromatic amines is 1. The number of halogens is 9. The molecule has 0 saturated carbocycles. The Labute approximate surface area is 142 Å². The molecule has 0 saturated heterocycles. The van der Waals surface area contributed by atoms with Gasteiger partial charge in [-0.05, 0) is 28.1 Å². The van der Waals surface area contributed by atoms with Crippen LogP contribution in [0.5, 0.6) is 0 Å². The highest BCUT2D eigenvalue weighted by Gasteiger charge is 2.40. The Morgan fingerprint density at radius 3 is 2.17 bits per heavy atom. The number of carbonyl (C=O) groups is 1. The zero-order chi connectivity index (χ0) is 18.4. The van der Waals surface area contributed by atoms with Crippen LogP contribution in [0.15, 0.2) is 16.7 Å². The van der Waals surface area contributed by atoms with Crippen molar-refractivity contribution in [2.24, 2.45) is 0 Å². The summed E-state index contributed by atoms with van der Waals surface area (Å²) in [5.74, 6) is -4.45. The number of hydrogen-bond donors (Lipinski definition) is 1. The van der Waals surface area contributed by atoms with Crippen molar-refractivity contribution in [1.29, 1.82) is 0 Å². The normalized spacial score (nSPS) is 12.5. The Morgan fingerprint density at radius 2 is 1.75 bits per heavy atom. The predicted octanol–water partition coefficient (Wildman–Crippen LogP) is 5.40. The third-order valence-corrected chi connectivity index (χ3v) is 3.61. The standard InChI is InChI=1S/C12H3BrClF7N2O/c13-9-7(11(16,17)18)22-10(23-9)6-4(14)1-3(2-5(6)15)8(24)12(19,20)21/h1-2H,(H,22,23). The summed E-state index contributed by atoms with van der Waals surface area (Å²) in [6.45, 7) is 0. The number of carbonyl (C=O) groups excluding carboxylic acids is 1. The summed E-state index contributed by atoms with van der Waals surface area (Å²) in [7, 11) is 0. The second kappa shape index (κ2) is 6.03. The highest BCUT2D eigenvalue weighted by Crippen LogP contribution is 2.38. The van der Waals surface area contributed by atoms with Crippen LogP contribution in [0.4, 0.5) is 30.7 Å². The summed E-state index contributed by atoms with van der Waals surface area (Å²) in [5.41, 5.74) is -3.12. The van der Waals surface area contributed by atoms with Crippen LogP contribution in [0, 0.1) is 5.82 Å². The van der Waals surface area contributed by atoms with Gasteiger partial charge >= 0.3 is 12.4 Å². The molecule has 0 atom stereocenters. The van der Waals surface area contributed by atoms with Gasteiger partial charge in [0.2, 0.25) is 0 Å². The molecule has 0 spiro atoms. The summed E-state index contributed by atoms with van der Waals surface area (Å²) < 4.78 is 88.4. The van der Waals surface area contributed by atoms with Gasteiger partial charge in [-0.1, -0.05) is 11.6 Å². The number of alkyl halides is 6. The van der Waals surface area contributed by atoms with Crippen LogP contribution in [-0.2, 0) is 6.18 Å². The molecule has 1 N–H and O–H groups in total. The molecule has 0 bridgehead atoms. The van der Waals surface area contributed by atoms with Crippen LogP contribution in [-0.4, -0.2) is 21.9 Å². The fourth-order valence-electron chi connectivity index (χ4n) is 1.75. The summed E-state index contributed by atoms with van der Waals surface area (Å²) in [6.07, 6.45) is -10.1. The lowest BCUT2D eigenvalue weighted by atomic mass is 10.1. The third-order valence-electron chi connectivity index (χ3n) is 2.74. The number of H-pyrrole nitrogens is 1. The Balaban J connectivity index is 2.56. The van der Waals surface area contributed by atoms with Crippen LogP contribution >= 0.6 is 27.5 Å². The monoisotopic (exact) mass is 438 g/mol. The fourth-order valence-corrected chi connectivity index (χ4v) is 2.55. The van der Waals surface area contributed by atoms with Gasteiger partial charge in [-0.25, -0.2) is 9.37 Å². The maximum absolute atomic E-state index is 14.0. The molecule has 2 rings (SSSR count). The van der Waals surface area contributed by atoms with E-state index in [1.54, 1.807) is 4.98 Å². The number of rotatable bonds is 2. The molecule has 0 aliphatic carbocycles. The second-order valence-corrected chi connectivity index (χ2v) is 5.55. The van der Waals surface area contributed by atoms with Crippen molar-refractivity contribution in [3.05, 3.63) is 38.8 Å². The van der Waals surface area contributed by atoms with Gasteiger partial charge in [-0.2, -0.15) is 26.3 Å². The van der Waals surface area contributed by atoms with E-state index in [0.717, 1.165) is 0 Å². The molecule has 1 heterocycles. The molecule has 130 valence electrons. The van der Waals surface area contributed by atoms with Gasteiger partial charge in [-0.3, -0.25) is 4.79 Å². The minimum atomic E-state index is -5.26. The second-order valence-electron chi connectivity index (χ2n) is 4.39. The maximum Gasteiger partial charge on any atom is 0.454 e. The van der Waals surface area contributed by atoms with E-state index < -0.39 is 56.2 Å². The van der Waals surface area contributed by atoms with Gasteiger partial charge in [0.1, 0.15) is 16.2 Å². The molecule has 1 aromatic carbocycles. The zero-order valence-electron chi connectivity index (χ0n) is 10.9. The molecule has 0 unspecified atom stereocenters. The van der Waals surface area contributed by atoms with Crippen molar-refractivity contribution >= 4 is 33.3 Å². The Kier molecular flexibility index (Phi) is 4.70. The average molecular weight is 440 g/mol. The number of nitrogens with zero attached hydrogens (tertiary/aromatic N) is 1. The van der Waals surface area contributed by atoms with Gasteiger partial charge in [0.05, 0.1) is 10.6 Å². The molecule has 0 aliphatic heterocycles. The maximum atomic E-state index is 14.0. The van der Waals surface area contributed by atoms with Crippen molar-refractivity contribution in [1.82, 2.24) is 9.97 Å².